The van der Waals surface area contributed by atoms with Crippen molar-refractivity contribution < 1.29 is 77.5 Å². The Morgan fingerprint density at radius 3 is 2.13 bits per heavy atom. The third-order valence-electron chi connectivity index (χ3n) is 1.35. The van der Waals surface area contributed by atoms with E-state index >= 15 is 0 Å². The van der Waals surface area contributed by atoms with Crippen molar-refractivity contribution in [3.63, 3.8) is 0 Å². The van der Waals surface area contributed by atoms with Crippen LogP contribution in [0.2, 0.25) is 0 Å². The summed E-state index contributed by atoms with van der Waals surface area (Å²) in [5.74, 6) is 0. The fourth-order valence-electron chi connectivity index (χ4n) is 0.822. The Morgan fingerprint density at radius 2 is 1.80 bits per heavy atom. The van der Waals surface area contributed by atoms with Gasteiger partial charge in [0.15, 0.2) is 0 Å². The van der Waals surface area contributed by atoms with Crippen LogP contribution in [0.4, 0.5) is 26.1 Å². The minimum atomic E-state index is -5.18. The van der Waals surface area contributed by atoms with Crippen molar-refractivity contribution in [3.05, 3.63) is 18.0 Å². The summed E-state index contributed by atoms with van der Waals surface area (Å²) in [4.78, 5) is 0. The molecule has 0 saturated heterocycles. The Balaban J connectivity index is 0.00000196. The van der Waals surface area contributed by atoms with Crippen molar-refractivity contribution in [1.29, 1.82) is 0 Å². The van der Waals surface area contributed by atoms with Crippen molar-refractivity contribution in [1.82, 2.24) is 9.78 Å². The summed E-state index contributed by atoms with van der Waals surface area (Å²) in [5, 5.41) is 2.96. The van der Waals surface area contributed by atoms with E-state index in [9.17, 15) is 26.1 Å². The first kappa shape index (κ1) is 15.5. The van der Waals surface area contributed by atoms with Gasteiger partial charge in [0.25, 0.3) is 0 Å². The van der Waals surface area contributed by atoms with E-state index in [4.69, 9.17) is 0 Å². The van der Waals surface area contributed by atoms with Gasteiger partial charge in [-0.2, -0.15) is 18.3 Å². The average molecular weight is 256 g/mol. The fraction of sp³-hybridized carbons (Fsp3) is 0.400. The van der Waals surface area contributed by atoms with Crippen LogP contribution in [0.25, 0.3) is 0 Å². The molecule has 0 N–H and O–H groups in total. The standard InChI is InChI=1S/C5H4BF6N2.K/c7-5(8,9)4-1-13-14(2-4)3-6(10,11)12;/h1-2H,3H2;/q-1;+1. The third kappa shape index (κ3) is 5.38. The molecule has 0 aliphatic heterocycles. The summed E-state index contributed by atoms with van der Waals surface area (Å²) in [6.07, 6.45) is -5.43. The van der Waals surface area contributed by atoms with Crippen LogP contribution in [-0.2, 0) is 12.6 Å². The van der Waals surface area contributed by atoms with Crippen molar-refractivity contribution in [2.24, 2.45) is 0 Å². The van der Waals surface area contributed by atoms with Gasteiger partial charge in [-0.05, 0) is 0 Å². The molecule has 0 atom stereocenters. The number of hydrogen-bond acceptors (Lipinski definition) is 1. The van der Waals surface area contributed by atoms with Gasteiger partial charge in [0.2, 0.25) is 0 Å². The van der Waals surface area contributed by atoms with E-state index in [-0.39, 0.29) is 56.1 Å². The normalized spacial score (nSPS) is 12.4. The molecule has 80 valence electrons. The van der Waals surface area contributed by atoms with Crippen molar-refractivity contribution in [3.8, 4) is 0 Å². The number of hydrogen-bond donors (Lipinski definition) is 0. The van der Waals surface area contributed by atoms with Crippen LogP contribution in [0, 0.1) is 0 Å². The monoisotopic (exact) mass is 256 g/mol. The Hall–Kier alpha value is 0.491. The molecule has 0 bridgehead atoms. The summed E-state index contributed by atoms with van der Waals surface area (Å²) in [7, 11) is 0. The summed E-state index contributed by atoms with van der Waals surface area (Å²) in [6, 6.07) is 0. The van der Waals surface area contributed by atoms with Crippen LogP contribution >= 0.6 is 0 Å². The second-order valence-electron chi connectivity index (χ2n) is 2.66. The Labute approximate surface area is 123 Å². The van der Waals surface area contributed by atoms with E-state index in [0.29, 0.717) is 12.4 Å². The first-order valence-electron chi connectivity index (χ1n) is 3.49. The summed E-state index contributed by atoms with van der Waals surface area (Å²) in [5.41, 5.74) is -1.18. The molecule has 0 fully saturated rings. The zero-order valence-electron chi connectivity index (χ0n) is 7.60. The van der Waals surface area contributed by atoms with E-state index in [1.54, 1.807) is 0 Å². The predicted octanol–water partition coefficient (Wildman–Crippen LogP) is -0.708. The van der Waals surface area contributed by atoms with E-state index in [0.717, 1.165) is 0 Å². The van der Waals surface area contributed by atoms with Gasteiger partial charge in [-0.25, -0.2) is 0 Å². The van der Waals surface area contributed by atoms with Crippen LogP contribution in [0.3, 0.4) is 0 Å². The molecule has 2 nitrogen and oxygen atoms in total. The summed E-state index contributed by atoms with van der Waals surface area (Å²) in [6.45, 7) is -5.18. The third-order valence-corrected chi connectivity index (χ3v) is 1.35. The maximum Gasteiger partial charge on any atom is 1.00 e. The molecule has 0 radical (unpaired) electrons. The van der Waals surface area contributed by atoms with E-state index in [1.807, 2.05) is 0 Å². The quantitative estimate of drug-likeness (QED) is 0.505. The van der Waals surface area contributed by atoms with Gasteiger partial charge < -0.3 is 12.9 Å². The van der Waals surface area contributed by atoms with Crippen LogP contribution in [0.15, 0.2) is 12.4 Å². The molecule has 0 aliphatic rings. The molecular weight excluding hydrogens is 252 g/mol. The van der Waals surface area contributed by atoms with Crippen molar-refractivity contribution >= 4 is 6.98 Å². The van der Waals surface area contributed by atoms with Crippen molar-refractivity contribution in [2.75, 3.05) is 0 Å². The number of nitrogens with zero attached hydrogens (tertiary/aromatic N) is 2. The first-order valence-corrected chi connectivity index (χ1v) is 3.49. The molecule has 1 heterocycles. The second-order valence-corrected chi connectivity index (χ2v) is 2.66. The molecule has 0 aliphatic carbocycles. The van der Waals surface area contributed by atoms with Crippen LogP contribution in [0.5, 0.6) is 0 Å². The van der Waals surface area contributed by atoms with Crippen LogP contribution in [0.1, 0.15) is 5.56 Å². The van der Waals surface area contributed by atoms with Gasteiger partial charge in [-0.15, -0.1) is 0 Å². The van der Waals surface area contributed by atoms with Gasteiger partial charge in [0.05, 0.1) is 11.8 Å². The largest absolute Gasteiger partial charge is 1.00 e. The topological polar surface area (TPSA) is 17.8 Å². The van der Waals surface area contributed by atoms with Gasteiger partial charge in [0, 0.05) is 12.6 Å². The molecule has 0 aromatic carbocycles. The first-order chi connectivity index (χ1) is 6.18. The molecule has 1 rings (SSSR count). The van der Waals surface area contributed by atoms with E-state index in [2.05, 4.69) is 5.10 Å². The molecule has 0 spiro atoms. The van der Waals surface area contributed by atoms with Gasteiger partial charge in [0.1, 0.15) is 0 Å². The Kier molecular flexibility index (Phi) is 5.38. The summed E-state index contributed by atoms with van der Waals surface area (Å²) >= 11 is 0. The van der Waals surface area contributed by atoms with Crippen molar-refractivity contribution in [2.45, 2.75) is 12.6 Å². The number of halogens is 6. The molecule has 1 aromatic heterocycles. The molecule has 1 aromatic rings. The maximum absolute atomic E-state index is 11.9. The second kappa shape index (κ2) is 5.21. The van der Waals surface area contributed by atoms with Gasteiger partial charge in [-0.3, -0.25) is 4.68 Å². The fourth-order valence-corrected chi connectivity index (χ4v) is 0.822. The average Bonchev–Trinajstić information content (AvgIpc) is 2.29. The zero-order valence-corrected chi connectivity index (χ0v) is 10.7. The minimum absolute atomic E-state index is 0. The van der Waals surface area contributed by atoms with Crippen LogP contribution in [-0.4, -0.2) is 16.8 Å². The predicted molar refractivity (Wildman–Crippen MR) is 36.3 cm³/mol. The van der Waals surface area contributed by atoms with E-state index in [1.165, 1.54) is 0 Å². The SMILES string of the molecule is F[B-](F)(F)Cn1cc(C(F)(F)F)cn1.[K+]. The summed E-state index contributed by atoms with van der Waals surface area (Å²) < 4.78 is 71.2. The van der Waals surface area contributed by atoms with Crippen LogP contribution < -0.4 is 51.4 Å². The molecule has 0 amide bonds. The number of alkyl halides is 3. The maximum atomic E-state index is 11.9. The van der Waals surface area contributed by atoms with Gasteiger partial charge in [-0.1, -0.05) is 0 Å². The molecule has 15 heavy (non-hydrogen) atoms. The zero-order chi connectivity index (χ0) is 11.0. The smallest absolute Gasteiger partial charge is 0.448 e. The van der Waals surface area contributed by atoms with Gasteiger partial charge >= 0.3 is 64.5 Å². The number of rotatable bonds is 2. The Bertz CT molecular complexity index is 318. The molecule has 10 heteroatoms. The van der Waals surface area contributed by atoms with E-state index < -0.39 is 25.2 Å². The molecule has 0 saturated carbocycles. The minimum Gasteiger partial charge on any atom is -0.448 e. The molecular formula is C5H4BF6KN2. The molecule has 0 unspecified atom stereocenters. The Morgan fingerprint density at radius 1 is 1.27 bits per heavy atom. The number of aromatic nitrogens is 2.